The van der Waals surface area contributed by atoms with Gasteiger partial charge < -0.3 is 10.1 Å². The molecule has 0 radical (unpaired) electrons. The van der Waals surface area contributed by atoms with Crippen LogP contribution in [0, 0.1) is 11.3 Å². The third kappa shape index (κ3) is 3.52. The third-order valence-corrected chi connectivity index (χ3v) is 1.99. The van der Waals surface area contributed by atoms with Crippen LogP contribution in [-0.2, 0) is 4.74 Å². The molecule has 0 fully saturated rings. The molecule has 1 N–H and O–H groups in total. The molecule has 0 aliphatic carbocycles. The molecule has 5 nitrogen and oxygen atoms in total. The van der Waals surface area contributed by atoms with Gasteiger partial charge in [0, 0.05) is 19.9 Å². The van der Waals surface area contributed by atoms with E-state index in [0.29, 0.717) is 18.2 Å². The second kappa shape index (κ2) is 4.71. The van der Waals surface area contributed by atoms with Crippen LogP contribution in [0.3, 0.4) is 0 Å². The molecule has 1 heterocycles. The number of nitrogens with one attached hydrogen (secondary N) is 1. The van der Waals surface area contributed by atoms with Gasteiger partial charge in [-0.3, -0.25) is 0 Å². The standard InChI is InChI=1S/C10H14N4O/c1-10(2,15-3)7-13-9-12-5-4-8(6-11)14-9/h4-5H,7H2,1-3H3,(H,12,13,14). The first-order valence-electron chi connectivity index (χ1n) is 4.59. The Bertz CT molecular complexity index is 370. The van der Waals surface area contributed by atoms with Crippen LogP contribution in [0.2, 0.25) is 0 Å². The minimum atomic E-state index is -0.286. The van der Waals surface area contributed by atoms with Gasteiger partial charge in [-0.15, -0.1) is 0 Å². The molecule has 0 spiro atoms. The van der Waals surface area contributed by atoms with Gasteiger partial charge in [0.2, 0.25) is 5.95 Å². The van der Waals surface area contributed by atoms with E-state index in [1.54, 1.807) is 19.4 Å². The van der Waals surface area contributed by atoms with E-state index >= 15 is 0 Å². The van der Waals surface area contributed by atoms with Crippen LogP contribution in [0.15, 0.2) is 12.3 Å². The number of hydrogen-bond acceptors (Lipinski definition) is 5. The quantitative estimate of drug-likeness (QED) is 0.801. The predicted molar refractivity (Wildman–Crippen MR) is 56.3 cm³/mol. The average molecular weight is 206 g/mol. The fourth-order valence-electron chi connectivity index (χ4n) is 0.870. The number of nitriles is 1. The molecule has 1 rings (SSSR count). The van der Waals surface area contributed by atoms with Crippen molar-refractivity contribution >= 4 is 5.95 Å². The van der Waals surface area contributed by atoms with Crippen LogP contribution in [-0.4, -0.2) is 29.2 Å². The van der Waals surface area contributed by atoms with E-state index in [-0.39, 0.29) is 5.60 Å². The molecule has 15 heavy (non-hydrogen) atoms. The Hall–Kier alpha value is -1.67. The summed E-state index contributed by atoms with van der Waals surface area (Å²) in [5.74, 6) is 0.444. The Labute approximate surface area is 89.1 Å². The molecule has 0 amide bonds. The Morgan fingerprint density at radius 2 is 2.33 bits per heavy atom. The lowest BCUT2D eigenvalue weighted by atomic mass is 10.1. The molecular formula is C10H14N4O. The van der Waals surface area contributed by atoms with E-state index in [4.69, 9.17) is 10.00 Å². The Kier molecular flexibility index (Phi) is 3.58. The first-order chi connectivity index (χ1) is 7.07. The molecule has 0 bridgehead atoms. The molecule has 0 atom stereocenters. The Balaban J connectivity index is 2.62. The summed E-state index contributed by atoms with van der Waals surface area (Å²) in [6, 6.07) is 3.52. The van der Waals surface area contributed by atoms with Gasteiger partial charge in [-0.1, -0.05) is 0 Å². The van der Waals surface area contributed by atoms with Crippen molar-refractivity contribution in [3.05, 3.63) is 18.0 Å². The van der Waals surface area contributed by atoms with Crippen LogP contribution in [0.25, 0.3) is 0 Å². The van der Waals surface area contributed by atoms with Gasteiger partial charge in [-0.25, -0.2) is 9.97 Å². The SMILES string of the molecule is COC(C)(C)CNc1nccc(C#N)n1. The Morgan fingerprint density at radius 3 is 2.93 bits per heavy atom. The highest BCUT2D eigenvalue weighted by atomic mass is 16.5. The van der Waals surface area contributed by atoms with Gasteiger partial charge in [0.05, 0.1) is 5.60 Å². The monoisotopic (exact) mass is 206 g/mol. The Morgan fingerprint density at radius 1 is 1.60 bits per heavy atom. The van der Waals surface area contributed by atoms with Crippen molar-refractivity contribution in [2.45, 2.75) is 19.4 Å². The first-order valence-corrected chi connectivity index (χ1v) is 4.59. The number of rotatable bonds is 4. The van der Waals surface area contributed by atoms with Crippen LogP contribution in [0.1, 0.15) is 19.5 Å². The number of aromatic nitrogens is 2. The van der Waals surface area contributed by atoms with Crippen LogP contribution in [0.4, 0.5) is 5.95 Å². The maximum atomic E-state index is 8.64. The van der Waals surface area contributed by atoms with E-state index in [9.17, 15) is 0 Å². The minimum Gasteiger partial charge on any atom is -0.377 e. The summed E-state index contributed by atoms with van der Waals surface area (Å²) in [5.41, 5.74) is 0.0640. The largest absolute Gasteiger partial charge is 0.377 e. The molecule has 80 valence electrons. The summed E-state index contributed by atoms with van der Waals surface area (Å²) in [4.78, 5) is 7.99. The molecule has 0 saturated carbocycles. The van der Waals surface area contributed by atoms with Crippen molar-refractivity contribution in [1.29, 1.82) is 5.26 Å². The van der Waals surface area contributed by atoms with E-state index in [0.717, 1.165) is 0 Å². The fraction of sp³-hybridized carbons (Fsp3) is 0.500. The minimum absolute atomic E-state index is 0.286. The lowest BCUT2D eigenvalue weighted by molar-refractivity contribution is 0.0342. The number of hydrogen-bond donors (Lipinski definition) is 1. The number of methoxy groups -OCH3 is 1. The van der Waals surface area contributed by atoms with Crippen molar-refractivity contribution < 1.29 is 4.74 Å². The zero-order valence-corrected chi connectivity index (χ0v) is 9.11. The zero-order valence-electron chi connectivity index (χ0n) is 9.11. The molecule has 5 heteroatoms. The molecule has 0 unspecified atom stereocenters. The van der Waals surface area contributed by atoms with Gasteiger partial charge in [0.1, 0.15) is 11.8 Å². The van der Waals surface area contributed by atoms with Gasteiger partial charge >= 0.3 is 0 Å². The lowest BCUT2D eigenvalue weighted by Crippen LogP contribution is -2.32. The molecule has 0 saturated heterocycles. The van der Waals surface area contributed by atoms with Gasteiger partial charge in [-0.05, 0) is 19.9 Å². The molecule has 0 aromatic carbocycles. The van der Waals surface area contributed by atoms with E-state index in [2.05, 4.69) is 15.3 Å². The maximum absolute atomic E-state index is 8.64. The molecular weight excluding hydrogens is 192 g/mol. The summed E-state index contributed by atoms with van der Waals surface area (Å²) in [6.07, 6.45) is 1.55. The number of anilines is 1. The summed E-state index contributed by atoms with van der Waals surface area (Å²) in [5, 5.41) is 11.7. The second-order valence-electron chi connectivity index (χ2n) is 3.69. The molecule has 0 aliphatic heterocycles. The highest BCUT2D eigenvalue weighted by Crippen LogP contribution is 2.08. The van der Waals surface area contributed by atoms with Crippen molar-refractivity contribution in [3.8, 4) is 6.07 Å². The van der Waals surface area contributed by atoms with Crippen molar-refractivity contribution in [3.63, 3.8) is 0 Å². The van der Waals surface area contributed by atoms with Gasteiger partial charge in [0.25, 0.3) is 0 Å². The topological polar surface area (TPSA) is 70.8 Å². The average Bonchev–Trinajstić information content (AvgIpc) is 2.27. The van der Waals surface area contributed by atoms with Crippen molar-refractivity contribution in [1.82, 2.24) is 9.97 Å². The lowest BCUT2D eigenvalue weighted by Gasteiger charge is -2.22. The van der Waals surface area contributed by atoms with Gasteiger partial charge in [0.15, 0.2) is 0 Å². The third-order valence-electron chi connectivity index (χ3n) is 1.99. The summed E-state index contributed by atoms with van der Waals surface area (Å²) >= 11 is 0. The molecule has 0 aliphatic rings. The highest BCUT2D eigenvalue weighted by molar-refractivity contribution is 5.30. The van der Waals surface area contributed by atoms with E-state index in [1.165, 1.54) is 0 Å². The summed E-state index contributed by atoms with van der Waals surface area (Å²) < 4.78 is 5.23. The smallest absolute Gasteiger partial charge is 0.223 e. The maximum Gasteiger partial charge on any atom is 0.223 e. The van der Waals surface area contributed by atoms with Crippen LogP contribution in [0.5, 0.6) is 0 Å². The second-order valence-corrected chi connectivity index (χ2v) is 3.69. The predicted octanol–water partition coefficient (Wildman–Crippen LogP) is 1.19. The first kappa shape index (κ1) is 11.4. The summed E-state index contributed by atoms with van der Waals surface area (Å²) in [7, 11) is 1.65. The van der Waals surface area contributed by atoms with Crippen LogP contribution >= 0.6 is 0 Å². The fourth-order valence-corrected chi connectivity index (χ4v) is 0.870. The summed E-state index contributed by atoms with van der Waals surface area (Å²) in [6.45, 7) is 4.49. The van der Waals surface area contributed by atoms with Crippen molar-refractivity contribution in [2.24, 2.45) is 0 Å². The normalized spacial score (nSPS) is 10.8. The van der Waals surface area contributed by atoms with Crippen molar-refractivity contribution in [2.75, 3.05) is 19.0 Å². The zero-order chi connectivity index (χ0) is 11.3. The van der Waals surface area contributed by atoms with E-state index < -0.39 is 0 Å². The number of nitrogens with zero attached hydrogens (tertiary/aromatic N) is 3. The van der Waals surface area contributed by atoms with Crippen LogP contribution < -0.4 is 5.32 Å². The molecule has 1 aromatic rings. The van der Waals surface area contributed by atoms with E-state index in [1.807, 2.05) is 19.9 Å². The number of ether oxygens (including phenoxy) is 1. The molecule has 1 aromatic heterocycles. The van der Waals surface area contributed by atoms with Gasteiger partial charge in [-0.2, -0.15) is 5.26 Å². The highest BCUT2D eigenvalue weighted by Gasteiger charge is 2.16.